The lowest BCUT2D eigenvalue weighted by Gasteiger charge is -2.18. The van der Waals surface area contributed by atoms with Gasteiger partial charge in [-0.3, -0.25) is 5.43 Å². The van der Waals surface area contributed by atoms with E-state index in [9.17, 15) is 4.79 Å². The van der Waals surface area contributed by atoms with Gasteiger partial charge in [-0.15, -0.1) is 0 Å². The molecule has 2 aromatic carbocycles. The Morgan fingerprint density at radius 1 is 1.07 bits per heavy atom. The van der Waals surface area contributed by atoms with Crippen molar-refractivity contribution in [2.45, 2.75) is 12.5 Å². The predicted octanol–water partition coefficient (Wildman–Crippen LogP) is 2.83. The van der Waals surface area contributed by atoms with E-state index >= 15 is 0 Å². The van der Waals surface area contributed by atoms with Gasteiger partial charge in [0.15, 0.2) is 16.6 Å². The highest BCUT2D eigenvalue weighted by Gasteiger charge is 2.24. The number of rotatable bonds is 2. The first kappa shape index (κ1) is 16.8. The molecule has 0 saturated carbocycles. The third kappa shape index (κ3) is 2.97. The van der Waals surface area contributed by atoms with E-state index in [0.717, 1.165) is 10.9 Å². The molecule has 0 aliphatic carbocycles. The molecule has 2 aliphatic heterocycles. The largest absolute Gasteiger partial charge is 0.454 e. The lowest BCUT2D eigenvalue weighted by molar-refractivity contribution is 0.174. The maximum Gasteiger partial charge on any atom is 0.345 e. The second-order valence-corrected chi connectivity index (χ2v) is 6.91. The van der Waals surface area contributed by atoms with Gasteiger partial charge < -0.3 is 19.2 Å². The molecule has 140 valence electrons. The first-order valence-corrected chi connectivity index (χ1v) is 9.14. The van der Waals surface area contributed by atoms with Crippen molar-refractivity contribution in [3.8, 4) is 11.5 Å². The number of hydrogen-bond donors (Lipinski definition) is 2. The Labute approximate surface area is 165 Å². The molecule has 1 atom stereocenters. The zero-order valence-corrected chi connectivity index (χ0v) is 15.4. The third-order valence-corrected chi connectivity index (χ3v) is 4.96. The van der Waals surface area contributed by atoms with Crippen LogP contribution in [0.3, 0.4) is 0 Å². The van der Waals surface area contributed by atoms with Crippen molar-refractivity contribution >= 4 is 34.0 Å². The number of thiocarbonyl (C=S) groups is 1. The van der Waals surface area contributed by atoms with Crippen LogP contribution in [0, 0.1) is 0 Å². The molecule has 0 radical (unpaired) electrons. The summed E-state index contributed by atoms with van der Waals surface area (Å²) in [5.41, 5.74) is 4.82. The Hall–Kier alpha value is -3.39. The second-order valence-electron chi connectivity index (χ2n) is 6.50. The van der Waals surface area contributed by atoms with Crippen molar-refractivity contribution in [3.63, 3.8) is 0 Å². The third-order valence-electron chi connectivity index (χ3n) is 4.75. The van der Waals surface area contributed by atoms with Gasteiger partial charge in [-0.2, -0.15) is 5.10 Å². The van der Waals surface area contributed by atoms with E-state index in [1.54, 1.807) is 12.1 Å². The number of ether oxygens (including phenoxy) is 2. The van der Waals surface area contributed by atoms with Crippen molar-refractivity contribution in [2.75, 3.05) is 6.79 Å². The second kappa shape index (κ2) is 6.65. The average Bonchev–Trinajstić information content (AvgIpc) is 3.09. The fourth-order valence-electron chi connectivity index (χ4n) is 3.36. The van der Waals surface area contributed by atoms with Gasteiger partial charge in [0.05, 0.1) is 17.3 Å². The number of hydrogen-bond acceptors (Lipinski definition) is 6. The summed E-state index contributed by atoms with van der Waals surface area (Å²) in [6.07, 6.45) is 0.440. The maximum atomic E-state index is 12.6. The topological polar surface area (TPSA) is 85.1 Å². The van der Waals surface area contributed by atoms with Crippen LogP contribution in [-0.4, -0.2) is 17.6 Å². The molecule has 1 aromatic heterocycles. The Morgan fingerprint density at radius 3 is 2.86 bits per heavy atom. The highest BCUT2D eigenvalue weighted by Crippen LogP contribution is 2.35. The molecule has 0 spiro atoms. The van der Waals surface area contributed by atoms with E-state index in [2.05, 4.69) is 15.8 Å². The number of fused-ring (bicyclic) bond motifs is 2. The van der Waals surface area contributed by atoms with Crippen molar-refractivity contribution < 1.29 is 13.9 Å². The Balaban J connectivity index is 1.54. The molecule has 0 saturated heterocycles. The van der Waals surface area contributed by atoms with Crippen molar-refractivity contribution in [1.29, 1.82) is 0 Å². The first-order chi connectivity index (χ1) is 13.7. The van der Waals surface area contributed by atoms with Crippen LogP contribution in [0.15, 0.2) is 62.8 Å². The van der Waals surface area contributed by atoms with Gasteiger partial charge in [0.25, 0.3) is 0 Å². The smallest absolute Gasteiger partial charge is 0.345 e. The fraction of sp³-hybridized carbons (Fsp3) is 0.150. The number of para-hydroxylation sites is 1. The molecule has 0 fully saturated rings. The van der Waals surface area contributed by atoms with Crippen LogP contribution in [0.25, 0.3) is 11.0 Å². The summed E-state index contributed by atoms with van der Waals surface area (Å²) in [5.74, 6) is 1.40. The molecule has 3 heterocycles. The molecule has 5 rings (SSSR count). The summed E-state index contributed by atoms with van der Waals surface area (Å²) >= 11 is 5.29. The van der Waals surface area contributed by atoms with E-state index in [4.69, 9.17) is 26.1 Å². The van der Waals surface area contributed by atoms with Crippen LogP contribution < -0.4 is 25.8 Å². The van der Waals surface area contributed by atoms with Crippen LogP contribution in [0.2, 0.25) is 0 Å². The summed E-state index contributed by atoms with van der Waals surface area (Å²) in [4.78, 5) is 12.6. The van der Waals surface area contributed by atoms with E-state index in [1.165, 1.54) is 0 Å². The number of nitrogens with one attached hydrogen (secondary N) is 2. The van der Waals surface area contributed by atoms with Crippen LogP contribution in [-0.2, 0) is 0 Å². The van der Waals surface area contributed by atoms with Gasteiger partial charge in [0.1, 0.15) is 5.58 Å². The minimum absolute atomic E-state index is 0.193. The van der Waals surface area contributed by atoms with E-state index in [0.29, 0.717) is 39.9 Å². The average molecular weight is 393 g/mol. The quantitative estimate of drug-likeness (QED) is 0.512. The van der Waals surface area contributed by atoms with Crippen LogP contribution >= 0.6 is 12.2 Å². The molecule has 0 unspecified atom stereocenters. The first-order valence-electron chi connectivity index (χ1n) is 8.73. The normalized spacial score (nSPS) is 18.2. The molecule has 3 aromatic rings. The predicted molar refractivity (Wildman–Crippen MR) is 108 cm³/mol. The Morgan fingerprint density at radius 2 is 1.93 bits per heavy atom. The number of nitrogens with zero attached hydrogens (tertiary/aromatic N) is 1. The molecule has 0 bridgehead atoms. The molecule has 0 amide bonds. The molecule has 7 nitrogen and oxygen atoms in total. The van der Waals surface area contributed by atoms with E-state index < -0.39 is 5.63 Å². The zero-order chi connectivity index (χ0) is 19.1. The number of benzene rings is 2. The molecule has 2 aliphatic rings. The SMILES string of the molecule is O=c1oc2ccccc2cc1C1=NNC(=S)N[C@@H](c2ccc3c(c2)OCO3)C1. The van der Waals surface area contributed by atoms with E-state index in [-0.39, 0.29) is 12.8 Å². The van der Waals surface area contributed by atoms with Gasteiger partial charge in [-0.05, 0) is 42.0 Å². The molecular weight excluding hydrogens is 378 g/mol. The van der Waals surface area contributed by atoms with E-state index in [1.807, 2.05) is 36.4 Å². The lowest BCUT2D eigenvalue weighted by atomic mass is 9.97. The minimum Gasteiger partial charge on any atom is -0.454 e. The number of hydrazone groups is 1. The monoisotopic (exact) mass is 393 g/mol. The minimum atomic E-state index is -0.434. The molecular formula is C20H15N3O4S. The fourth-order valence-corrected chi connectivity index (χ4v) is 3.55. The van der Waals surface area contributed by atoms with Gasteiger partial charge in [0.2, 0.25) is 6.79 Å². The standard InChI is InChI=1S/C20H15N3O4S/c24-19-13(7-12-3-1-2-4-16(12)27-19)15-9-14(21-20(28)23-22-15)11-5-6-17-18(8-11)26-10-25-17/h1-8,14H,9-10H2,(H2,21,23,28)/t14-/m1/s1. The Bertz CT molecular complexity index is 1190. The van der Waals surface area contributed by atoms with Crippen LogP contribution in [0.4, 0.5) is 0 Å². The molecule has 28 heavy (non-hydrogen) atoms. The zero-order valence-electron chi connectivity index (χ0n) is 14.6. The van der Waals surface area contributed by atoms with Crippen molar-refractivity contribution in [3.05, 3.63) is 70.1 Å². The highest BCUT2D eigenvalue weighted by molar-refractivity contribution is 7.80. The van der Waals surface area contributed by atoms with Crippen molar-refractivity contribution in [1.82, 2.24) is 10.7 Å². The molecule has 8 heteroatoms. The Kier molecular flexibility index (Phi) is 3.98. The summed E-state index contributed by atoms with van der Waals surface area (Å²) in [6, 6.07) is 14.7. The lowest BCUT2D eigenvalue weighted by Crippen LogP contribution is -2.33. The maximum absolute atomic E-state index is 12.6. The van der Waals surface area contributed by atoms with Crippen LogP contribution in [0.1, 0.15) is 23.6 Å². The van der Waals surface area contributed by atoms with Gasteiger partial charge in [0, 0.05) is 11.8 Å². The van der Waals surface area contributed by atoms with Crippen molar-refractivity contribution in [2.24, 2.45) is 5.10 Å². The summed E-state index contributed by atoms with van der Waals surface area (Å²) in [6.45, 7) is 0.210. The van der Waals surface area contributed by atoms with Gasteiger partial charge in [-0.25, -0.2) is 4.79 Å². The van der Waals surface area contributed by atoms with Gasteiger partial charge >= 0.3 is 5.63 Å². The van der Waals surface area contributed by atoms with Crippen LogP contribution in [0.5, 0.6) is 11.5 Å². The summed E-state index contributed by atoms with van der Waals surface area (Å²) in [5, 5.41) is 8.77. The molecule has 2 N–H and O–H groups in total. The summed E-state index contributed by atoms with van der Waals surface area (Å²) < 4.78 is 16.3. The summed E-state index contributed by atoms with van der Waals surface area (Å²) in [7, 11) is 0. The van der Waals surface area contributed by atoms with Gasteiger partial charge in [-0.1, -0.05) is 24.3 Å². The highest BCUT2D eigenvalue weighted by atomic mass is 32.1.